The Labute approximate surface area is 275 Å². The van der Waals surface area contributed by atoms with E-state index >= 15 is 0 Å². The minimum atomic E-state index is 0.00128. The average Bonchev–Trinajstić information content (AvgIpc) is 3.67. The number of thiophene rings is 1. The summed E-state index contributed by atoms with van der Waals surface area (Å²) in [6.07, 6.45) is 1.76. The summed E-state index contributed by atoms with van der Waals surface area (Å²) in [4.78, 5) is 11.0. The molecule has 0 spiro atoms. The Bertz CT molecular complexity index is 2520. The molecular formula is C41H29ClN2OS. The highest BCUT2D eigenvalue weighted by atomic mass is 35.5. The molecule has 9 rings (SSSR count). The zero-order chi connectivity index (χ0) is 30.8. The first kappa shape index (κ1) is 27.5. The second-order valence-electron chi connectivity index (χ2n) is 12.3. The fourth-order valence-electron chi connectivity index (χ4n) is 7.08. The van der Waals surface area contributed by atoms with Crippen molar-refractivity contribution in [2.45, 2.75) is 25.8 Å². The molecule has 2 unspecified atom stereocenters. The van der Waals surface area contributed by atoms with E-state index in [1.807, 2.05) is 23.5 Å². The molecule has 46 heavy (non-hydrogen) atoms. The summed E-state index contributed by atoms with van der Waals surface area (Å²) < 4.78 is 8.81. The Morgan fingerprint density at radius 3 is 2.43 bits per heavy atom. The van der Waals surface area contributed by atoms with Gasteiger partial charge in [0.05, 0.1) is 16.8 Å². The van der Waals surface area contributed by atoms with Gasteiger partial charge >= 0.3 is 0 Å². The number of hydrogen-bond donors (Lipinski definition) is 0. The highest BCUT2D eigenvalue weighted by Gasteiger charge is 2.25. The van der Waals surface area contributed by atoms with Crippen molar-refractivity contribution >= 4 is 87.4 Å². The van der Waals surface area contributed by atoms with Gasteiger partial charge in [0.2, 0.25) is 0 Å². The summed E-state index contributed by atoms with van der Waals surface area (Å²) in [5.41, 5.74) is 5.84. The smallest absolute Gasteiger partial charge is 0.156 e. The molecule has 5 heteroatoms. The first-order chi connectivity index (χ1) is 22.6. The van der Waals surface area contributed by atoms with E-state index in [0.29, 0.717) is 16.5 Å². The lowest BCUT2D eigenvalue weighted by Gasteiger charge is -2.25. The molecule has 6 aromatic carbocycles. The Hall–Kier alpha value is -4.77. The molecule has 0 aliphatic carbocycles. The van der Waals surface area contributed by atoms with Gasteiger partial charge in [0.1, 0.15) is 5.58 Å². The number of hydrogen-bond acceptors (Lipinski definition) is 4. The molecule has 3 nitrogen and oxygen atoms in total. The van der Waals surface area contributed by atoms with Crippen molar-refractivity contribution in [3.8, 4) is 0 Å². The Kier molecular flexibility index (Phi) is 6.55. The van der Waals surface area contributed by atoms with Crippen LogP contribution >= 0.6 is 22.9 Å². The first-order valence-corrected chi connectivity index (χ1v) is 17.0. The molecule has 0 bridgehead atoms. The standard InChI is InChI=1S/C41H29ClN2OS/c1-24-18-20-34(27-22-32-37-28-13-6-5-10-25(28)19-21-35(37)45-39(32)33(42)23-27)43-41(44-38(24)26-11-3-2-4-12-26)31-16-9-15-30-29-14-7-8-17-36(29)46-40(30)31/h2-17,19,21-24,38H,18,20H2,1H3. The van der Waals surface area contributed by atoms with Gasteiger partial charge in [0, 0.05) is 36.5 Å². The normalized spacial score (nSPS) is 17.4. The number of rotatable bonds is 3. The molecule has 0 N–H and O–H groups in total. The summed E-state index contributed by atoms with van der Waals surface area (Å²) in [6, 6.07) is 42.6. The lowest BCUT2D eigenvalue weighted by molar-refractivity contribution is 0.446. The van der Waals surface area contributed by atoms with Gasteiger partial charge in [-0.2, -0.15) is 0 Å². The van der Waals surface area contributed by atoms with E-state index < -0.39 is 0 Å². The average molecular weight is 633 g/mol. The van der Waals surface area contributed by atoms with Gasteiger partial charge in [-0.15, -0.1) is 11.3 Å². The number of benzene rings is 6. The maximum Gasteiger partial charge on any atom is 0.156 e. The van der Waals surface area contributed by atoms with E-state index in [-0.39, 0.29) is 6.04 Å². The first-order valence-electron chi connectivity index (χ1n) is 15.8. The van der Waals surface area contributed by atoms with Gasteiger partial charge in [-0.1, -0.05) is 110 Å². The van der Waals surface area contributed by atoms with E-state index in [1.54, 1.807) is 0 Å². The third-order valence-electron chi connectivity index (χ3n) is 9.41. The van der Waals surface area contributed by atoms with E-state index in [0.717, 1.165) is 57.3 Å². The number of nitrogens with zero attached hydrogens (tertiary/aromatic N) is 2. The molecule has 2 atom stereocenters. The maximum atomic E-state index is 7.01. The lowest BCUT2D eigenvalue weighted by atomic mass is 9.88. The predicted molar refractivity (Wildman–Crippen MR) is 196 cm³/mol. The van der Waals surface area contributed by atoms with Gasteiger partial charge in [-0.3, -0.25) is 4.99 Å². The maximum absolute atomic E-state index is 7.01. The lowest BCUT2D eigenvalue weighted by Crippen LogP contribution is -2.18. The molecule has 222 valence electrons. The summed E-state index contributed by atoms with van der Waals surface area (Å²) in [5.74, 6) is 1.08. The van der Waals surface area contributed by atoms with Gasteiger partial charge < -0.3 is 4.42 Å². The number of fused-ring (bicyclic) bond motifs is 8. The minimum absolute atomic E-state index is 0.00128. The largest absolute Gasteiger partial charge is 0.454 e. The minimum Gasteiger partial charge on any atom is -0.454 e. The second kappa shape index (κ2) is 10.9. The molecule has 3 heterocycles. The summed E-state index contributed by atoms with van der Waals surface area (Å²) >= 11 is 8.82. The molecule has 1 aliphatic heterocycles. The molecule has 0 radical (unpaired) electrons. The van der Waals surface area contributed by atoms with Crippen LogP contribution in [0.15, 0.2) is 136 Å². The molecular weight excluding hydrogens is 604 g/mol. The van der Waals surface area contributed by atoms with Gasteiger partial charge in [0.15, 0.2) is 11.4 Å². The third kappa shape index (κ3) is 4.47. The second-order valence-corrected chi connectivity index (χ2v) is 13.7. The Morgan fingerprint density at radius 2 is 1.54 bits per heavy atom. The van der Waals surface area contributed by atoms with Crippen molar-refractivity contribution in [3.05, 3.63) is 143 Å². The van der Waals surface area contributed by atoms with Crippen LogP contribution in [0.4, 0.5) is 0 Å². The van der Waals surface area contributed by atoms with Crippen LogP contribution in [0.1, 0.15) is 42.5 Å². The third-order valence-corrected chi connectivity index (χ3v) is 10.9. The summed E-state index contributed by atoms with van der Waals surface area (Å²) in [6.45, 7) is 2.31. The summed E-state index contributed by atoms with van der Waals surface area (Å²) in [7, 11) is 0. The van der Waals surface area contributed by atoms with E-state index in [4.69, 9.17) is 26.0 Å². The highest BCUT2D eigenvalue weighted by Crippen LogP contribution is 2.41. The molecule has 2 aromatic heterocycles. The van der Waals surface area contributed by atoms with Crippen molar-refractivity contribution in [2.24, 2.45) is 15.9 Å². The molecule has 8 aromatic rings. The monoisotopic (exact) mass is 632 g/mol. The van der Waals surface area contributed by atoms with Crippen LogP contribution in [-0.2, 0) is 0 Å². The van der Waals surface area contributed by atoms with E-state index in [2.05, 4.69) is 116 Å². The SMILES string of the molecule is CC1CCC(c2cc(Cl)c3oc4ccc5ccccc5c4c3c2)=NC(c2cccc3c2sc2ccccc23)=NC1c1ccccc1. The van der Waals surface area contributed by atoms with Crippen molar-refractivity contribution < 1.29 is 4.42 Å². The van der Waals surface area contributed by atoms with Crippen LogP contribution in [0.2, 0.25) is 5.02 Å². The molecule has 1 aliphatic rings. The predicted octanol–water partition coefficient (Wildman–Crippen LogP) is 12.2. The van der Waals surface area contributed by atoms with Crippen molar-refractivity contribution in [1.29, 1.82) is 0 Å². The Balaban J connectivity index is 1.29. The molecule has 0 saturated heterocycles. The van der Waals surface area contributed by atoms with Crippen molar-refractivity contribution in [1.82, 2.24) is 0 Å². The van der Waals surface area contributed by atoms with Crippen LogP contribution in [0.5, 0.6) is 0 Å². The number of aliphatic imine (C=N–C) groups is 2. The summed E-state index contributed by atoms with van der Waals surface area (Å²) in [5, 5.41) is 7.54. The molecule has 0 saturated carbocycles. The van der Waals surface area contributed by atoms with Crippen LogP contribution in [0.25, 0.3) is 52.9 Å². The van der Waals surface area contributed by atoms with Gasteiger partial charge in [-0.05, 0) is 71.0 Å². The van der Waals surface area contributed by atoms with E-state index in [1.165, 1.54) is 31.1 Å². The fraction of sp³-hybridized carbons (Fsp3) is 0.122. The fourth-order valence-corrected chi connectivity index (χ4v) is 8.55. The van der Waals surface area contributed by atoms with E-state index in [9.17, 15) is 0 Å². The number of halogens is 1. The van der Waals surface area contributed by atoms with Gasteiger partial charge in [0.25, 0.3) is 0 Å². The quantitative estimate of drug-likeness (QED) is 0.191. The van der Waals surface area contributed by atoms with Crippen LogP contribution in [0.3, 0.4) is 0 Å². The van der Waals surface area contributed by atoms with Crippen molar-refractivity contribution in [2.75, 3.05) is 0 Å². The Morgan fingerprint density at radius 1 is 0.761 bits per heavy atom. The zero-order valence-corrected chi connectivity index (χ0v) is 26.8. The van der Waals surface area contributed by atoms with Gasteiger partial charge in [-0.25, -0.2) is 4.99 Å². The van der Waals surface area contributed by atoms with Crippen molar-refractivity contribution in [3.63, 3.8) is 0 Å². The zero-order valence-electron chi connectivity index (χ0n) is 25.2. The highest BCUT2D eigenvalue weighted by molar-refractivity contribution is 7.26. The van der Waals surface area contributed by atoms with Crippen LogP contribution in [-0.4, -0.2) is 11.5 Å². The molecule has 0 fully saturated rings. The van der Waals surface area contributed by atoms with Crippen LogP contribution in [0, 0.1) is 5.92 Å². The number of amidine groups is 1. The topological polar surface area (TPSA) is 37.9 Å². The number of furan rings is 1. The van der Waals surface area contributed by atoms with Crippen LogP contribution < -0.4 is 0 Å². The molecule has 0 amide bonds.